The highest BCUT2D eigenvalue weighted by atomic mass is 15.0. The summed E-state index contributed by atoms with van der Waals surface area (Å²) in [5.74, 6) is 8.00. The van der Waals surface area contributed by atoms with E-state index in [0.29, 0.717) is 0 Å². The van der Waals surface area contributed by atoms with Gasteiger partial charge in [-0.2, -0.15) is 0 Å². The monoisotopic (exact) mass is 558 g/mol. The highest BCUT2D eigenvalue weighted by molar-refractivity contribution is 5.80. The number of rotatable bonds is 4. The first-order valence-electron chi connectivity index (χ1n) is 13.8. The summed E-state index contributed by atoms with van der Waals surface area (Å²) in [4.78, 5) is 0. The Kier molecular flexibility index (Phi) is 17.7. The fourth-order valence-corrected chi connectivity index (χ4v) is 4.09. The number of aryl methyl sites for hydroxylation is 1. The molecule has 0 fully saturated rings. The van der Waals surface area contributed by atoms with Crippen molar-refractivity contribution in [1.82, 2.24) is 0 Å². The summed E-state index contributed by atoms with van der Waals surface area (Å²) < 4.78 is 0. The number of nitrogen functional groups attached to an aromatic ring is 1. The number of hydrogen-bond donors (Lipinski definition) is 4. The van der Waals surface area contributed by atoms with E-state index in [-0.39, 0.29) is 0 Å². The van der Waals surface area contributed by atoms with Crippen LogP contribution in [-0.4, -0.2) is 7.05 Å². The average molecular weight is 559 g/mol. The molecule has 5 rings (SSSR count). The van der Waals surface area contributed by atoms with E-state index in [1.807, 2.05) is 37.3 Å². The first-order chi connectivity index (χ1) is 20.5. The molecule has 0 unspecified atom stereocenters. The predicted octanol–water partition coefficient (Wildman–Crippen LogP) is 8.64. The molecule has 5 aromatic carbocycles. The lowest BCUT2D eigenvalue weighted by Gasteiger charge is -2.09. The Labute approximate surface area is 253 Å². The van der Waals surface area contributed by atoms with Gasteiger partial charge in [-0.1, -0.05) is 139 Å². The van der Waals surface area contributed by atoms with Crippen LogP contribution >= 0.6 is 0 Å². The molecule has 0 heterocycles. The zero-order valence-electron chi connectivity index (χ0n) is 25.4. The number of anilines is 1. The molecule has 4 heteroatoms. The molecule has 0 aromatic heterocycles. The molecular formula is C38H46N4. The lowest BCUT2D eigenvalue weighted by atomic mass is 9.95. The van der Waals surface area contributed by atoms with Gasteiger partial charge in [0.25, 0.3) is 0 Å². The van der Waals surface area contributed by atoms with Gasteiger partial charge in [-0.05, 0) is 78.9 Å². The SMILES string of the molecule is C/C=C(\c1ccccc1)c1ccc(-c2ccccc2)cc1.C=CC.CN.Cc1cccc(-c2ccc(N)cc2)c1.NN. The molecule has 8 N–H and O–H groups in total. The molecule has 0 aliphatic heterocycles. The largest absolute Gasteiger partial charge is 0.399 e. The molecule has 4 nitrogen and oxygen atoms in total. The van der Waals surface area contributed by atoms with Gasteiger partial charge in [0.1, 0.15) is 0 Å². The van der Waals surface area contributed by atoms with Crippen molar-refractivity contribution in [2.75, 3.05) is 12.8 Å². The number of hydrazine groups is 1. The second-order valence-corrected chi connectivity index (χ2v) is 8.91. The van der Waals surface area contributed by atoms with Gasteiger partial charge in [0.15, 0.2) is 0 Å². The number of hydrogen-bond acceptors (Lipinski definition) is 4. The topological polar surface area (TPSA) is 104 Å². The Morgan fingerprint density at radius 1 is 0.548 bits per heavy atom. The van der Waals surface area contributed by atoms with Crippen molar-refractivity contribution in [1.29, 1.82) is 0 Å². The van der Waals surface area contributed by atoms with E-state index in [1.165, 1.54) is 51.6 Å². The van der Waals surface area contributed by atoms with Crippen LogP contribution in [0.5, 0.6) is 0 Å². The fraction of sp³-hybridized carbons (Fsp3) is 0.105. The minimum absolute atomic E-state index is 0.807. The Morgan fingerprint density at radius 2 is 0.952 bits per heavy atom. The third kappa shape index (κ3) is 11.8. The summed E-state index contributed by atoms with van der Waals surface area (Å²) in [6, 6.07) is 46.2. The molecule has 42 heavy (non-hydrogen) atoms. The van der Waals surface area contributed by atoms with Crippen LogP contribution in [0, 0.1) is 6.92 Å². The summed E-state index contributed by atoms with van der Waals surface area (Å²) in [6.45, 7) is 9.44. The first-order valence-corrected chi connectivity index (χ1v) is 13.8. The summed E-state index contributed by atoms with van der Waals surface area (Å²) >= 11 is 0. The molecule has 0 saturated heterocycles. The van der Waals surface area contributed by atoms with Crippen molar-refractivity contribution in [2.24, 2.45) is 17.4 Å². The van der Waals surface area contributed by atoms with Gasteiger partial charge in [0.2, 0.25) is 0 Å². The Balaban J connectivity index is 0.000000364. The Bertz CT molecular complexity index is 1420. The molecule has 5 aromatic rings. The van der Waals surface area contributed by atoms with Gasteiger partial charge >= 0.3 is 0 Å². The van der Waals surface area contributed by atoms with Crippen LogP contribution in [0.25, 0.3) is 27.8 Å². The molecule has 0 saturated carbocycles. The number of allylic oxidation sites excluding steroid dienone is 2. The van der Waals surface area contributed by atoms with Crippen LogP contribution in [0.4, 0.5) is 5.69 Å². The van der Waals surface area contributed by atoms with Gasteiger partial charge in [-0.3, -0.25) is 11.7 Å². The van der Waals surface area contributed by atoms with Crippen LogP contribution in [0.3, 0.4) is 0 Å². The van der Waals surface area contributed by atoms with Gasteiger partial charge < -0.3 is 11.5 Å². The third-order valence-electron chi connectivity index (χ3n) is 5.94. The molecule has 0 bridgehead atoms. The lowest BCUT2D eigenvalue weighted by Crippen LogP contribution is -2.02. The van der Waals surface area contributed by atoms with Gasteiger partial charge in [0, 0.05) is 5.69 Å². The van der Waals surface area contributed by atoms with Gasteiger partial charge in [0.05, 0.1) is 0 Å². The smallest absolute Gasteiger partial charge is 0.0314 e. The molecule has 218 valence electrons. The molecule has 0 spiro atoms. The average Bonchev–Trinajstić information content (AvgIpc) is 3.06. The molecule has 0 amide bonds. The number of benzene rings is 5. The molecule has 0 aliphatic rings. The Morgan fingerprint density at radius 3 is 1.45 bits per heavy atom. The van der Waals surface area contributed by atoms with Crippen LogP contribution in [0.1, 0.15) is 30.5 Å². The third-order valence-corrected chi connectivity index (χ3v) is 5.94. The maximum absolute atomic E-state index is 5.63. The first kappa shape index (κ1) is 35.3. The van der Waals surface area contributed by atoms with Crippen molar-refractivity contribution < 1.29 is 0 Å². The zero-order chi connectivity index (χ0) is 31.2. The van der Waals surface area contributed by atoms with E-state index in [2.05, 4.69) is 147 Å². The zero-order valence-corrected chi connectivity index (χ0v) is 25.4. The summed E-state index contributed by atoms with van der Waals surface area (Å²) in [5.41, 5.74) is 21.0. The summed E-state index contributed by atoms with van der Waals surface area (Å²) in [7, 11) is 1.50. The van der Waals surface area contributed by atoms with Gasteiger partial charge in [-0.15, -0.1) is 6.58 Å². The van der Waals surface area contributed by atoms with E-state index in [4.69, 9.17) is 5.73 Å². The minimum atomic E-state index is 0.807. The summed E-state index contributed by atoms with van der Waals surface area (Å²) in [6.07, 6.45) is 3.92. The van der Waals surface area contributed by atoms with E-state index in [1.54, 1.807) is 6.08 Å². The maximum atomic E-state index is 5.63. The standard InChI is InChI=1S/C21H18.C13H13N.C3H6.CH5N.H4N2/c1-2-21(19-11-7-4-8-12-19)20-15-13-18(14-16-20)17-9-5-3-6-10-17;1-10-3-2-4-12(9-10)11-5-7-13(14)8-6-11;1-3-2;2*1-2/h2-16H,1H3;2-9H,14H2,1H3;3H,1H2,2H3;2H2,1H3;1-2H2/b21-2+;;;;. The molecule has 0 atom stereocenters. The van der Waals surface area contributed by atoms with E-state index in [9.17, 15) is 0 Å². The normalized spacial score (nSPS) is 9.64. The van der Waals surface area contributed by atoms with Crippen LogP contribution < -0.4 is 23.2 Å². The minimum Gasteiger partial charge on any atom is -0.399 e. The van der Waals surface area contributed by atoms with Crippen molar-refractivity contribution >= 4 is 11.3 Å². The highest BCUT2D eigenvalue weighted by Gasteiger charge is 2.04. The van der Waals surface area contributed by atoms with Crippen molar-refractivity contribution in [3.05, 3.63) is 169 Å². The number of nitrogens with two attached hydrogens (primary N) is 4. The van der Waals surface area contributed by atoms with Crippen LogP contribution in [0.15, 0.2) is 152 Å². The Hall–Kier alpha value is -4.74. The fourth-order valence-electron chi connectivity index (χ4n) is 4.09. The van der Waals surface area contributed by atoms with E-state index >= 15 is 0 Å². The van der Waals surface area contributed by atoms with Crippen molar-refractivity contribution in [3.63, 3.8) is 0 Å². The second kappa shape index (κ2) is 21.1. The quantitative estimate of drug-likeness (QED) is 0.0767. The van der Waals surface area contributed by atoms with Crippen LogP contribution in [-0.2, 0) is 0 Å². The summed E-state index contributed by atoms with van der Waals surface area (Å²) in [5, 5.41) is 0. The second-order valence-electron chi connectivity index (χ2n) is 8.91. The predicted molar refractivity (Wildman–Crippen MR) is 186 cm³/mol. The van der Waals surface area contributed by atoms with Crippen molar-refractivity contribution in [2.45, 2.75) is 20.8 Å². The maximum Gasteiger partial charge on any atom is 0.0314 e. The molecule has 0 aliphatic carbocycles. The van der Waals surface area contributed by atoms with E-state index < -0.39 is 0 Å². The highest BCUT2D eigenvalue weighted by Crippen LogP contribution is 2.26. The van der Waals surface area contributed by atoms with Crippen molar-refractivity contribution in [3.8, 4) is 22.3 Å². The van der Waals surface area contributed by atoms with E-state index in [0.717, 1.165) is 5.69 Å². The lowest BCUT2D eigenvalue weighted by molar-refractivity contribution is 1.26. The van der Waals surface area contributed by atoms with Crippen LogP contribution in [0.2, 0.25) is 0 Å². The molecular weight excluding hydrogens is 512 g/mol. The molecule has 0 radical (unpaired) electrons. The van der Waals surface area contributed by atoms with Gasteiger partial charge in [-0.25, -0.2) is 0 Å².